The number of carbonyl (C=O) groups is 3. The quantitative estimate of drug-likeness (QED) is 0.601. The van der Waals surface area contributed by atoms with Gasteiger partial charge in [0.1, 0.15) is 12.1 Å². The molecule has 1 aliphatic rings. The van der Waals surface area contributed by atoms with E-state index in [1.54, 1.807) is 27.0 Å². The van der Waals surface area contributed by atoms with Gasteiger partial charge in [-0.15, -0.1) is 5.10 Å². The van der Waals surface area contributed by atoms with Crippen LogP contribution in [-0.2, 0) is 25.5 Å². The molecule has 0 saturated carbocycles. The van der Waals surface area contributed by atoms with Gasteiger partial charge in [-0.2, -0.15) is 0 Å². The number of aromatic nitrogens is 3. The van der Waals surface area contributed by atoms with Crippen LogP contribution in [0.15, 0.2) is 6.20 Å². The Bertz CT molecular complexity index is 813. The number of amides is 2. The van der Waals surface area contributed by atoms with Gasteiger partial charge in [0.15, 0.2) is 0 Å². The van der Waals surface area contributed by atoms with Crippen LogP contribution >= 0.6 is 0 Å². The fraction of sp³-hybridized carbons (Fsp3) is 0.762. The minimum absolute atomic E-state index is 0.0843. The van der Waals surface area contributed by atoms with Crippen LogP contribution in [0.4, 0.5) is 0 Å². The highest BCUT2D eigenvalue weighted by molar-refractivity contribution is 5.90. The summed E-state index contributed by atoms with van der Waals surface area (Å²) in [4.78, 5) is 39.4. The number of nitrogens with zero attached hydrogens (tertiary/aromatic N) is 4. The molecule has 1 aromatic heterocycles. The van der Waals surface area contributed by atoms with E-state index in [0.717, 1.165) is 0 Å². The first-order valence-corrected chi connectivity index (χ1v) is 10.6. The molecule has 0 bridgehead atoms. The molecule has 10 heteroatoms. The van der Waals surface area contributed by atoms with Gasteiger partial charge in [-0.3, -0.25) is 14.4 Å². The zero-order valence-electron chi connectivity index (χ0n) is 19.5. The number of ether oxygens (including phenoxy) is 1. The van der Waals surface area contributed by atoms with Gasteiger partial charge in [-0.1, -0.05) is 26.0 Å². The predicted molar refractivity (Wildman–Crippen MR) is 113 cm³/mol. The number of likely N-dealkylation sites (tertiary alicyclic amines) is 1. The van der Waals surface area contributed by atoms with Gasteiger partial charge in [-0.25, -0.2) is 4.68 Å². The van der Waals surface area contributed by atoms with E-state index in [4.69, 9.17) is 4.74 Å². The van der Waals surface area contributed by atoms with Gasteiger partial charge < -0.3 is 20.1 Å². The summed E-state index contributed by atoms with van der Waals surface area (Å²) in [5.41, 5.74) is -0.773. The molecule has 1 fully saturated rings. The highest BCUT2D eigenvalue weighted by Crippen LogP contribution is 2.34. The fourth-order valence-electron chi connectivity index (χ4n) is 3.88. The van der Waals surface area contributed by atoms with Crippen molar-refractivity contribution in [2.24, 2.45) is 10.8 Å². The number of β-amino-alcohol motifs (C(OH)–C–C–N with tert-alkyl or cyclic N) is 1. The Balaban J connectivity index is 2.31. The third-order valence-corrected chi connectivity index (χ3v) is 5.44. The van der Waals surface area contributed by atoms with E-state index in [9.17, 15) is 19.5 Å². The van der Waals surface area contributed by atoms with E-state index in [1.807, 2.05) is 20.8 Å². The number of hydrogen-bond donors (Lipinski definition) is 2. The van der Waals surface area contributed by atoms with Crippen molar-refractivity contribution in [3.8, 4) is 0 Å². The number of hydrogen-bond acceptors (Lipinski definition) is 7. The monoisotopic (exact) mass is 437 g/mol. The highest BCUT2D eigenvalue weighted by Gasteiger charge is 2.45. The van der Waals surface area contributed by atoms with Gasteiger partial charge in [0.05, 0.1) is 23.8 Å². The van der Waals surface area contributed by atoms with E-state index < -0.39 is 29.0 Å². The summed E-state index contributed by atoms with van der Waals surface area (Å²) >= 11 is 0. The number of carbonyl (C=O) groups excluding carboxylic acids is 3. The zero-order valence-corrected chi connectivity index (χ0v) is 19.5. The Morgan fingerprint density at radius 2 is 1.94 bits per heavy atom. The Hall–Kier alpha value is -2.49. The molecule has 2 N–H and O–H groups in total. The largest absolute Gasteiger partial charge is 0.466 e. The smallest absolute Gasteiger partial charge is 0.311 e. The van der Waals surface area contributed by atoms with Gasteiger partial charge in [0, 0.05) is 32.6 Å². The Morgan fingerprint density at radius 1 is 1.29 bits per heavy atom. The molecule has 2 amide bonds. The normalized spacial score (nSPS) is 20.5. The average molecular weight is 438 g/mol. The lowest BCUT2D eigenvalue weighted by Crippen LogP contribution is -2.49. The molecule has 1 saturated heterocycles. The molecule has 0 radical (unpaired) electrons. The highest BCUT2D eigenvalue weighted by atomic mass is 16.5. The molecule has 31 heavy (non-hydrogen) atoms. The van der Waals surface area contributed by atoms with E-state index in [2.05, 4.69) is 15.6 Å². The van der Waals surface area contributed by atoms with Crippen molar-refractivity contribution in [2.75, 3.05) is 20.2 Å². The van der Waals surface area contributed by atoms with Crippen LogP contribution in [0.2, 0.25) is 0 Å². The minimum Gasteiger partial charge on any atom is -0.466 e. The molecular weight excluding hydrogens is 402 g/mol. The lowest BCUT2D eigenvalue weighted by Gasteiger charge is -2.34. The molecule has 2 heterocycles. The Morgan fingerprint density at radius 3 is 2.48 bits per heavy atom. The fourth-order valence-corrected chi connectivity index (χ4v) is 3.88. The van der Waals surface area contributed by atoms with Crippen molar-refractivity contribution in [2.45, 2.75) is 72.6 Å². The van der Waals surface area contributed by atoms with Crippen LogP contribution in [0.5, 0.6) is 0 Å². The van der Waals surface area contributed by atoms with Crippen LogP contribution in [-0.4, -0.2) is 75.1 Å². The zero-order chi connectivity index (χ0) is 23.6. The molecule has 0 aliphatic carbocycles. The van der Waals surface area contributed by atoms with Crippen molar-refractivity contribution in [1.82, 2.24) is 25.2 Å². The van der Waals surface area contributed by atoms with Crippen molar-refractivity contribution in [1.29, 1.82) is 0 Å². The summed E-state index contributed by atoms with van der Waals surface area (Å²) < 4.78 is 6.62. The summed E-state index contributed by atoms with van der Waals surface area (Å²) in [6.07, 6.45) is 1.40. The number of aliphatic hydroxyl groups excluding tert-OH is 1. The van der Waals surface area contributed by atoms with E-state index in [-0.39, 0.29) is 30.7 Å². The average Bonchev–Trinajstić information content (AvgIpc) is 3.26. The summed E-state index contributed by atoms with van der Waals surface area (Å²) in [5, 5.41) is 21.0. The third kappa shape index (κ3) is 5.61. The van der Waals surface area contributed by atoms with Crippen LogP contribution < -0.4 is 5.32 Å². The molecule has 0 aromatic carbocycles. The maximum atomic E-state index is 13.5. The van der Waals surface area contributed by atoms with Crippen LogP contribution in [0.1, 0.15) is 59.7 Å². The molecule has 0 spiro atoms. The second-order valence-electron chi connectivity index (χ2n) is 9.75. The lowest BCUT2D eigenvalue weighted by molar-refractivity contribution is -0.153. The number of nitrogens with one attached hydrogen (secondary N) is 1. The van der Waals surface area contributed by atoms with Crippen LogP contribution in [0.25, 0.3) is 0 Å². The molecule has 0 unspecified atom stereocenters. The number of esters is 1. The standard InChI is InChI=1S/C21H35N5O5/c1-8-31-19(30)21(5,6)10-13-11-26(24-23-13)16(20(2,3)4)18(29)25-12-14(27)9-15(25)17(28)22-7/h11,14-16,27H,8-10,12H2,1-7H3,(H,22,28)/t14-,15+,16-/m1/s1. The van der Waals surface area contributed by atoms with Crippen molar-refractivity contribution in [3.05, 3.63) is 11.9 Å². The molecule has 1 aliphatic heterocycles. The van der Waals surface area contributed by atoms with E-state index in [1.165, 1.54) is 16.6 Å². The van der Waals surface area contributed by atoms with Crippen molar-refractivity contribution < 1.29 is 24.2 Å². The third-order valence-electron chi connectivity index (χ3n) is 5.44. The summed E-state index contributed by atoms with van der Waals surface area (Å²) in [5.74, 6) is -0.945. The van der Waals surface area contributed by atoms with E-state index in [0.29, 0.717) is 18.7 Å². The van der Waals surface area contributed by atoms with Gasteiger partial charge in [0.2, 0.25) is 11.8 Å². The first kappa shape index (κ1) is 24.8. The predicted octanol–water partition coefficient (Wildman–Crippen LogP) is 0.705. The van der Waals surface area contributed by atoms with Gasteiger partial charge in [-0.05, 0) is 26.2 Å². The van der Waals surface area contributed by atoms with Gasteiger partial charge >= 0.3 is 5.97 Å². The summed E-state index contributed by atoms with van der Waals surface area (Å²) in [6.45, 7) is 11.4. The SMILES string of the molecule is CCOC(=O)C(C)(C)Cc1cn([C@H](C(=O)N2C[C@H](O)C[C@H]2C(=O)NC)C(C)(C)C)nn1. The molecular formula is C21H35N5O5. The second kappa shape index (κ2) is 9.33. The molecule has 10 nitrogen and oxygen atoms in total. The Kier molecular flexibility index (Phi) is 7.46. The topological polar surface area (TPSA) is 127 Å². The molecule has 2 rings (SSSR count). The van der Waals surface area contributed by atoms with Crippen molar-refractivity contribution in [3.63, 3.8) is 0 Å². The molecule has 1 aromatic rings. The first-order chi connectivity index (χ1) is 14.3. The lowest BCUT2D eigenvalue weighted by atomic mass is 9.85. The molecule has 174 valence electrons. The first-order valence-electron chi connectivity index (χ1n) is 10.6. The van der Waals surface area contributed by atoms with Crippen LogP contribution in [0.3, 0.4) is 0 Å². The summed E-state index contributed by atoms with van der Waals surface area (Å²) in [6, 6.07) is -1.47. The summed E-state index contributed by atoms with van der Waals surface area (Å²) in [7, 11) is 1.51. The van der Waals surface area contributed by atoms with Crippen LogP contribution in [0, 0.1) is 10.8 Å². The Labute approximate surface area is 183 Å². The van der Waals surface area contributed by atoms with Gasteiger partial charge in [0.25, 0.3) is 0 Å². The molecule has 3 atom stereocenters. The number of aliphatic hydroxyl groups is 1. The number of likely N-dealkylation sites (N-methyl/N-ethyl adjacent to an activating group) is 1. The second-order valence-corrected chi connectivity index (χ2v) is 9.75. The van der Waals surface area contributed by atoms with Crippen molar-refractivity contribution >= 4 is 17.8 Å². The van der Waals surface area contributed by atoms with E-state index >= 15 is 0 Å². The number of rotatable bonds is 7. The minimum atomic E-state index is -0.790. The maximum absolute atomic E-state index is 13.5. The maximum Gasteiger partial charge on any atom is 0.311 e.